The maximum absolute atomic E-state index is 5.66. The third-order valence-electron chi connectivity index (χ3n) is 5.97. The number of thiocarbonyl (C=S) groups is 1. The van der Waals surface area contributed by atoms with Crippen LogP contribution in [-0.4, -0.2) is 60.0 Å². The highest BCUT2D eigenvalue weighted by Gasteiger charge is 2.23. The Hall–Kier alpha value is -1.67. The summed E-state index contributed by atoms with van der Waals surface area (Å²) in [5, 5.41) is 7.03. The molecule has 2 N–H and O–H groups in total. The van der Waals surface area contributed by atoms with Crippen LogP contribution in [0.15, 0.2) is 6.07 Å². The predicted molar refractivity (Wildman–Crippen MR) is 117 cm³/mol. The van der Waals surface area contributed by atoms with Gasteiger partial charge in [-0.05, 0) is 64.1 Å². The van der Waals surface area contributed by atoms with Crippen molar-refractivity contribution in [1.82, 2.24) is 15.3 Å². The van der Waals surface area contributed by atoms with E-state index in [0.29, 0.717) is 17.1 Å². The van der Waals surface area contributed by atoms with Gasteiger partial charge in [0.25, 0.3) is 0 Å². The van der Waals surface area contributed by atoms with Gasteiger partial charge in [0.2, 0.25) is 5.95 Å². The van der Waals surface area contributed by atoms with E-state index in [9.17, 15) is 0 Å². The number of nitrogens with one attached hydrogen (secondary N) is 2. The highest BCUT2D eigenvalue weighted by Crippen LogP contribution is 2.28. The molecule has 28 heavy (non-hydrogen) atoms. The van der Waals surface area contributed by atoms with E-state index < -0.39 is 0 Å². The number of rotatable bonds is 5. The molecule has 0 radical (unpaired) electrons. The average Bonchev–Trinajstić information content (AvgIpc) is 3.40. The first-order chi connectivity index (χ1) is 13.7. The predicted octanol–water partition coefficient (Wildman–Crippen LogP) is 2.92. The van der Waals surface area contributed by atoms with Crippen molar-refractivity contribution in [2.75, 3.05) is 47.9 Å². The second-order valence-electron chi connectivity index (χ2n) is 8.11. The van der Waals surface area contributed by atoms with Gasteiger partial charge in [-0.15, -0.1) is 0 Å². The fourth-order valence-corrected chi connectivity index (χ4v) is 4.50. The van der Waals surface area contributed by atoms with E-state index in [1.54, 1.807) is 0 Å². The molecule has 0 aliphatic carbocycles. The summed E-state index contributed by atoms with van der Waals surface area (Å²) in [4.78, 5) is 14.4. The van der Waals surface area contributed by atoms with Crippen LogP contribution in [0.4, 0.5) is 17.6 Å². The minimum absolute atomic E-state index is 0.251. The molecule has 0 spiro atoms. The van der Waals surface area contributed by atoms with Gasteiger partial charge in [0.15, 0.2) is 5.11 Å². The van der Waals surface area contributed by atoms with E-state index in [1.165, 1.54) is 32.1 Å². The quantitative estimate of drug-likeness (QED) is 0.727. The number of piperidine rings is 1. The molecule has 4 heterocycles. The fraction of sp³-hybridized carbons (Fsp3) is 0.750. The third kappa shape index (κ3) is 4.84. The van der Waals surface area contributed by atoms with Crippen molar-refractivity contribution in [1.29, 1.82) is 0 Å². The standard InChI is InChI=1S/C20H32N6OS/c1-15-7-2-3-11-26(15)18-13-17(25-9-4-5-10-25)22-19(23-18)24-20(28)21-14-16-8-6-12-27-16/h13,15-16H,2-12,14H2,1H3,(H2,21,22,23,24,28)/t15-,16+/m1/s1. The van der Waals surface area contributed by atoms with Crippen LogP contribution in [0.25, 0.3) is 0 Å². The van der Waals surface area contributed by atoms with Gasteiger partial charge in [0.05, 0.1) is 6.10 Å². The zero-order chi connectivity index (χ0) is 19.3. The second-order valence-corrected chi connectivity index (χ2v) is 8.52. The Morgan fingerprint density at radius 2 is 1.89 bits per heavy atom. The van der Waals surface area contributed by atoms with Gasteiger partial charge in [-0.25, -0.2) is 0 Å². The summed E-state index contributed by atoms with van der Waals surface area (Å²) in [6.45, 7) is 7.05. The molecule has 3 aliphatic heterocycles. The van der Waals surface area contributed by atoms with E-state index in [2.05, 4.69) is 33.4 Å². The summed E-state index contributed by atoms with van der Waals surface area (Å²) >= 11 is 5.49. The lowest BCUT2D eigenvalue weighted by Gasteiger charge is -2.35. The smallest absolute Gasteiger partial charge is 0.232 e. The molecule has 2 atom stereocenters. The molecular formula is C20H32N6OS. The number of hydrogen-bond acceptors (Lipinski definition) is 6. The molecule has 3 saturated heterocycles. The van der Waals surface area contributed by atoms with Crippen LogP contribution in [-0.2, 0) is 4.74 Å². The molecule has 1 aromatic rings. The van der Waals surface area contributed by atoms with Crippen molar-refractivity contribution in [3.8, 4) is 0 Å². The molecule has 4 rings (SSSR count). The van der Waals surface area contributed by atoms with Crippen molar-refractivity contribution in [2.24, 2.45) is 0 Å². The fourth-order valence-electron chi connectivity index (χ4n) is 4.33. The van der Waals surface area contributed by atoms with Gasteiger partial charge in [-0.1, -0.05) is 0 Å². The molecule has 0 saturated carbocycles. The molecule has 1 aromatic heterocycles. The summed E-state index contributed by atoms with van der Waals surface area (Å²) < 4.78 is 5.66. The maximum atomic E-state index is 5.66. The lowest BCUT2D eigenvalue weighted by atomic mass is 10.0. The molecule has 3 fully saturated rings. The zero-order valence-electron chi connectivity index (χ0n) is 16.8. The summed E-state index contributed by atoms with van der Waals surface area (Å²) in [5.74, 6) is 2.60. The summed E-state index contributed by atoms with van der Waals surface area (Å²) in [5.41, 5.74) is 0. The maximum Gasteiger partial charge on any atom is 0.232 e. The molecule has 3 aliphatic rings. The normalized spacial score (nSPS) is 25.2. The van der Waals surface area contributed by atoms with Gasteiger partial charge >= 0.3 is 0 Å². The molecule has 7 nitrogen and oxygen atoms in total. The lowest BCUT2D eigenvalue weighted by Crippen LogP contribution is -2.39. The number of nitrogens with zero attached hydrogens (tertiary/aromatic N) is 4. The largest absolute Gasteiger partial charge is 0.376 e. The first kappa shape index (κ1) is 19.6. The van der Waals surface area contributed by atoms with Crippen LogP contribution in [0.5, 0.6) is 0 Å². The van der Waals surface area contributed by atoms with Crippen molar-refractivity contribution >= 4 is 34.9 Å². The average molecular weight is 405 g/mol. The minimum Gasteiger partial charge on any atom is -0.376 e. The minimum atomic E-state index is 0.251. The van der Waals surface area contributed by atoms with Gasteiger partial charge in [0, 0.05) is 44.9 Å². The van der Waals surface area contributed by atoms with Crippen LogP contribution in [0.1, 0.15) is 51.9 Å². The van der Waals surface area contributed by atoms with Crippen LogP contribution in [0.3, 0.4) is 0 Å². The second kappa shape index (κ2) is 9.22. The van der Waals surface area contributed by atoms with Gasteiger partial charge in [0.1, 0.15) is 11.6 Å². The van der Waals surface area contributed by atoms with E-state index in [4.69, 9.17) is 26.9 Å². The Labute approximate surface area is 173 Å². The number of ether oxygens (including phenoxy) is 1. The monoisotopic (exact) mass is 404 g/mol. The Morgan fingerprint density at radius 1 is 1.11 bits per heavy atom. The van der Waals surface area contributed by atoms with Crippen LogP contribution in [0, 0.1) is 0 Å². The van der Waals surface area contributed by atoms with Gasteiger partial charge in [-0.2, -0.15) is 9.97 Å². The summed E-state index contributed by atoms with van der Waals surface area (Å²) in [6, 6.07) is 2.66. The third-order valence-corrected chi connectivity index (χ3v) is 6.21. The van der Waals surface area contributed by atoms with Gasteiger partial charge < -0.3 is 25.2 Å². The zero-order valence-corrected chi connectivity index (χ0v) is 17.6. The first-order valence-electron chi connectivity index (χ1n) is 10.8. The van der Waals surface area contributed by atoms with E-state index in [-0.39, 0.29) is 6.10 Å². The van der Waals surface area contributed by atoms with Gasteiger partial charge in [-0.3, -0.25) is 0 Å². The van der Waals surface area contributed by atoms with E-state index in [1.807, 2.05) is 0 Å². The van der Waals surface area contributed by atoms with Crippen LogP contribution in [0.2, 0.25) is 0 Å². The summed E-state index contributed by atoms with van der Waals surface area (Å²) in [6.07, 6.45) is 8.65. The Morgan fingerprint density at radius 3 is 2.64 bits per heavy atom. The number of anilines is 3. The number of aromatic nitrogens is 2. The molecule has 0 amide bonds. The van der Waals surface area contributed by atoms with Crippen molar-refractivity contribution < 1.29 is 4.74 Å². The van der Waals surface area contributed by atoms with Crippen LogP contribution >= 0.6 is 12.2 Å². The molecule has 0 unspecified atom stereocenters. The molecule has 154 valence electrons. The molecule has 8 heteroatoms. The highest BCUT2D eigenvalue weighted by molar-refractivity contribution is 7.80. The first-order valence-corrected chi connectivity index (χ1v) is 11.2. The SMILES string of the molecule is C[C@@H]1CCCCN1c1cc(N2CCCC2)nc(NC(=S)NC[C@@H]2CCCO2)n1. The van der Waals surface area contributed by atoms with Crippen LogP contribution < -0.4 is 20.4 Å². The Kier molecular flexibility index (Phi) is 6.47. The Balaban J connectivity index is 1.48. The highest BCUT2D eigenvalue weighted by atomic mass is 32.1. The van der Waals surface area contributed by atoms with E-state index in [0.717, 1.165) is 57.3 Å². The van der Waals surface area contributed by atoms with Crippen molar-refractivity contribution in [3.05, 3.63) is 6.07 Å². The topological polar surface area (TPSA) is 65.5 Å². The number of hydrogen-bond donors (Lipinski definition) is 2. The molecular weight excluding hydrogens is 372 g/mol. The van der Waals surface area contributed by atoms with Crippen molar-refractivity contribution in [2.45, 2.75) is 64.0 Å². The molecule has 0 aromatic carbocycles. The molecule has 0 bridgehead atoms. The van der Waals surface area contributed by atoms with E-state index >= 15 is 0 Å². The lowest BCUT2D eigenvalue weighted by molar-refractivity contribution is 0.114. The van der Waals surface area contributed by atoms with Crippen molar-refractivity contribution in [3.63, 3.8) is 0 Å². The Bertz CT molecular complexity index is 675. The summed E-state index contributed by atoms with van der Waals surface area (Å²) in [7, 11) is 0.